The summed E-state index contributed by atoms with van der Waals surface area (Å²) in [5, 5.41) is 17.1. The number of benzene rings is 1. The van der Waals surface area contributed by atoms with Crippen molar-refractivity contribution in [3.8, 4) is 6.07 Å². The maximum Gasteiger partial charge on any atom is 0.159 e. The summed E-state index contributed by atoms with van der Waals surface area (Å²) >= 11 is 0. The Morgan fingerprint density at radius 2 is 2.00 bits per heavy atom. The van der Waals surface area contributed by atoms with Gasteiger partial charge in [-0.15, -0.1) is 0 Å². The summed E-state index contributed by atoms with van der Waals surface area (Å²) in [5.41, 5.74) is 0.979. The summed E-state index contributed by atoms with van der Waals surface area (Å²) in [4.78, 5) is 0. The zero-order valence-corrected chi connectivity index (χ0v) is 6.51. The van der Waals surface area contributed by atoms with Crippen molar-refractivity contribution in [1.82, 2.24) is 0 Å². The predicted octanol–water partition coefficient (Wildman–Crippen LogP) is 1.58. The van der Waals surface area contributed by atoms with E-state index < -0.39 is 6.10 Å². The van der Waals surface area contributed by atoms with Crippen LogP contribution >= 0.6 is 0 Å². The molecule has 1 aromatic rings. The minimum absolute atomic E-state index is 0.979. The molecule has 0 fully saturated rings. The van der Waals surface area contributed by atoms with E-state index in [9.17, 15) is 0 Å². The molecule has 2 nitrogen and oxygen atoms in total. The second kappa shape index (κ2) is 4.32. The quantitative estimate of drug-likeness (QED) is 0.666. The van der Waals surface area contributed by atoms with Gasteiger partial charge in [0.15, 0.2) is 6.10 Å². The van der Waals surface area contributed by atoms with Crippen LogP contribution < -0.4 is 0 Å². The van der Waals surface area contributed by atoms with Gasteiger partial charge in [-0.1, -0.05) is 36.4 Å². The molecule has 12 heavy (non-hydrogen) atoms. The Labute approximate surface area is 71.4 Å². The summed E-state index contributed by atoms with van der Waals surface area (Å²) in [6.45, 7) is 0. The van der Waals surface area contributed by atoms with Crippen LogP contribution in [0, 0.1) is 11.3 Å². The molecule has 0 saturated carbocycles. The van der Waals surface area contributed by atoms with Crippen LogP contribution in [0.1, 0.15) is 5.56 Å². The summed E-state index contributed by atoms with van der Waals surface area (Å²) in [6.07, 6.45) is 2.16. The molecule has 0 aliphatic carbocycles. The molecule has 0 unspecified atom stereocenters. The Morgan fingerprint density at radius 1 is 1.33 bits per heavy atom. The van der Waals surface area contributed by atoms with Crippen LogP contribution in [-0.2, 0) is 0 Å². The molecule has 1 N–H and O–H groups in total. The van der Waals surface area contributed by atoms with E-state index in [0.717, 1.165) is 5.56 Å². The Bertz CT molecular complexity index is 297. The molecule has 0 radical (unpaired) electrons. The second-order valence-electron chi connectivity index (χ2n) is 2.34. The molecule has 2 heteroatoms. The molecule has 0 aliphatic heterocycles. The summed E-state index contributed by atoms with van der Waals surface area (Å²) in [5.74, 6) is 0. The first kappa shape index (κ1) is 8.51. The van der Waals surface area contributed by atoms with E-state index >= 15 is 0 Å². The van der Waals surface area contributed by atoms with E-state index in [-0.39, 0.29) is 0 Å². The monoisotopic (exact) mass is 159 g/mol. The lowest BCUT2D eigenvalue weighted by Gasteiger charge is -1.92. The van der Waals surface area contributed by atoms with E-state index in [1.807, 2.05) is 30.3 Å². The maximum atomic E-state index is 8.87. The summed E-state index contributed by atoms with van der Waals surface area (Å²) in [6, 6.07) is 11.2. The smallest absolute Gasteiger partial charge is 0.159 e. The van der Waals surface area contributed by atoms with Crippen molar-refractivity contribution < 1.29 is 5.11 Å². The van der Waals surface area contributed by atoms with E-state index in [0.29, 0.717) is 0 Å². The van der Waals surface area contributed by atoms with Gasteiger partial charge in [0.05, 0.1) is 6.07 Å². The SMILES string of the molecule is N#C[C@@H](O)C=Cc1ccccc1. The van der Waals surface area contributed by atoms with Crippen LogP contribution in [0.2, 0.25) is 0 Å². The number of hydrogen-bond acceptors (Lipinski definition) is 2. The fraction of sp³-hybridized carbons (Fsp3) is 0.100. The van der Waals surface area contributed by atoms with Crippen LogP contribution in [-0.4, -0.2) is 11.2 Å². The molecule has 1 atom stereocenters. The van der Waals surface area contributed by atoms with Gasteiger partial charge < -0.3 is 5.11 Å². The van der Waals surface area contributed by atoms with Crippen molar-refractivity contribution in [3.63, 3.8) is 0 Å². The van der Waals surface area contributed by atoms with Gasteiger partial charge in [0.2, 0.25) is 0 Å². The molecule has 1 rings (SSSR count). The number of rotatable bonds is 2. The molecular formula is C10H9NO. The van der Waals surface area contributed by atoms with Gasteiger partial charge in [0, 0.05) is 0 Å². The standard InChI is InChI=1S/C10H9NO/c11-8-10(12)7-6-9-4-2-1-3-5-9/h1-7,10,12H/t10-/m0/s1. The topological polar surface area (TPSA) is 44.0 Å². The van der Waals surface area contributed by atoms with Crippen molar-refractivity contribution in [2.75, 3.05) is 0 Å². The highest BCUT2D eigenvalue weighted by Crippen LogP contribution is 2.01. The zero-order chi connectivity index (χ0) is 8.81. The molecule has 0 spiro atoms. The first-order valence-corrected chi connectivity index (χ1v) is 3.64. The van der Waals surface area contributed by atoms with Gasteiger partial charge in [0.1, 0.15) is 0 Å². The normalized spacial score (nSPS) is 12.7. The summed E-state index contributed by atoms with van der Waals surface area (Å²) in [7, 11) is 0. The summed E-state index contributed by atoms with van der Waals surface area (Å²) < 4.78 is 0. The van der Waals surface area contributed by atoms with Gasteiger partial charge in [0.25, 0.3) is 0 Å². The third-order valence-electron chi connectivity index (χ3n) is 1.40. The second-order valence-corrected chi connectivity index (χ2v) is 2.34. The maximum absolute atomic E-state index is 8.87. The molecular weight excluding hydrogens is 150 g/mol. The Kier molecular flexibility index (Phi) is 3.06. The molecule has 0 aromatic heterocycles. The number of nitriles is 1. The Balaban J connectivity index is 2.65. The van der Waals surface area contributed by atoms with Crippen molar-refractivity contribution >= 4 is 6.08 Å². The van der Waals surface area contributed by atoms with Crippen LogP contribution in [0.4, 0.5) is 0 Å². The predicted molar refractivity (Wildman–Crippen MR) is 47.1 cm³/mol. The van der Waals surface area contributed by atoms with Crippen LogP contribution in [0.25, 0.3) is 6.08 Å². The van der Waals surface area contributed by atoms with Gasteiger partial charge in [-0.2, -0.15) is 5.26 Å². The first-order valence-electron chi connectivity index (χ1n) is 3.64. The first-order chi connectivity index (χ1) is 5.83. The number of aliphatic hydroxyl groups excluding tert-OH is 1. The van der Waals surface area contributed by atoms with Crippen LogP contribution in [0.15, 0.2) is 36.4 Å². The average molecular weight is 159 g/mol. The van der Waals surface area contributed by atoms with Gasteiger partial charge >= 0.3 is 0 Å². The highest BCUT2D eigenvalue weighted by Gasteiger charge is 1.91. The molecule has 0 aliphatic rings. The highest BCUT2D eigenvalue weighted by atomic mass is 16.3. The van der Waals surface area contributed by atoms with E-state index in [1.165, 1.54) is 6.08 Å². The van der Waals surface area contributed by atoms with Crippen LogP contribution in [0.3, 0.4) is 0 Å². The third kappa shape index (κ3) is 2.57. The van der Waals surface area contributed by atoms with Gasteiger partial charge in [-0.25, -0.2) is 0 Å². The Morgan fingerprint density at radius 3 is 2.58 bits per heavy atom. The molecule has 0 amide bonds. The van der Waals surface area contributed by atoms with Gasteiger partial charge in [-0.3, -0.25) is 0 Å². The number of nitrogens with zero attached hydrogens (tertiary/aromatic N) is 1. The number of aliphatic hydroxyl groups is 1. The zero-order valence-electron chi connectivity index (χ0n) is 6.51. The third-order valence-corrected chi connectivity index (χ3v) is 1.40. The lowest BCUT2D eigenvalue weighted by Crippen LogP contribution is -1.94. The largest absolute Gasteiger partial charge is 0.374 e. The van der Waals surface area contributed by atoms with Crippen molar-refractivity contribution in [3.05, 3.63) is 42.0 Å². The average Bonchev–Trinajstić information content (AvgIpc) is 2.16. The van der Waals surface area contributed by atoms with Crippen molar-refractivity contribution in [2.45, 2.75) is 6.10 Å². The van der Waals surface area contributed by atoms with Gasteiger partial charge in [-0.05, 0) is 11.6 Å². The molecule has 1 aromatic carbocycles. The number of hydrogen-bond donors (Lipinski definition) is 1. The fourth-order valence-electron chi connectivity index (χ4n) is 0.809. The molecule has 60 valence electrons. The van der Waals surface area contributed by atoms with Crippen molar-refractivity contribution in [1.29, 1.82) is 5.26 Å². The molecule has 0 saturated heterocycles. The molecule has 0 bridgehead atoms. The van der Waals surface area contributed by atoms with Crippen molar-refractivity contribution in [2.24, 2.45) is 0 Å². The lowest BCUT2D eigenvalue weighted by molar-refractivity contribution is 0.279. The fourth-order valence-corrected chi connectivity index (χ4v) is 0.809. The van der Waals surface area contributed by atoms with E-state index in [1.54, 1.807) is 12.1 Å². The van der Waals surface area contributed by atoms with E-state index in [4.69, 9.17) is 10.4 Å². The lowest BCUT2D eigenvalue weighted by atomic mass is 10.2. The minimum atomic E-state index is -1.01. The Hall–Kier alpha value is -1.59. The van der Waals surface area contributed by atoms with E-state index in [2.05, 4.69) is 0 Å². The minimum Gasteiger partial charge on any atom is -0.374 e. The van der Waals surface area contributed by atoms with Crippen LogP contribution in [0.5, 0.6) is 0 Å². The molecule has 0 heterocycles. The highest BCUT2D eigenvalue weighted by molar-refractivity contribution is 5.49.